The van der Waals surface area contributed by atoms with E-state index in [4.69, 9.17) is 5.11 Å². The summed E-state index contributed by atoms with van der Waals surface area (Å²) in [5, 5.41) is 9.73. The fraction of sp³-hybridized carbons (Fsp3) is 0.355. The van der Waals surface area contributed by atoms with Gasteiger partial charge in [0.25, 0.3) is 11.8 Å². The van der Waals surface area contributed by atoms with Gasteiger partial charge >= 0.3 is 5.97 Å². The number of benzene rings is 2. The van der Waals surface area contributed by atoms with Crippen molar-refractivity contribution in [1.29, 1.82) is 0 Å². The number of hydrogen-bond donors (Lipinski definition) is 1. The maximum atomic E-state index is 15.7. The number of aromatic nitrogens is 1. The van der Waals surface area contributed by atoms with Crippen molar-refractivity contribution in [1.82, 2.24) is 14.8 Å². The topological polar surface area (TPSA) is 94.1 Å². The molecule has 228 valence electrons. The van der Waals surface area contributed by atoms with Crippen LogP contribution >= 0.6 is 23.7 Å². The Balaban J connectivity index is 0.00000423. The van der Waals surface area contributed by atoms with Crippen LogP contribution in [0.25, 0.3) is 16.1 Å². The van der Waals surface area contributed by atoms with E-state index in [1.807, 2.05) is 30.3 Å². The van der Waals surface area contributed by atoms with Crippen molar-refractivity contribution in [2.45, 2.75) is 38.2 Å². The molecule has 43 heavy (non-hydrogen) atoms. The van der Waals surface area contributed by atoms with Gasteiger partial charge in [0, 0.05) is 54.9 Å². The van der Waals surface area contributed by atoms with E-state index in [9.17, 15) is 14.4 Å². The number of allylic oxidation sites excluding steroid dienone is 1. The van der Waals surface area contributed by atoms with Gasteiger partial charge in [-0.2, -0.15) is 0 Å². The molecular formula is C31H33ClF2N4O4S. The summed E-state index contributed by atoms with van der Waals surface area (Å²) in [5.41, 5.74) is 1.45. The first kappa shape index (κ1) is 32.2. The highest BCUT2D eigenvalue weighted by Crippen LogP contribution is 2.44. The van der Waals surface area contributed by atoms with E-state index in [0.717, 1.165) is 11.6 Å². The van der Waals surface area contributed by atoms with Crippen molar-refractivity contribution in [3.8, 4) is 10.6 Å². The number of aryl methyl sites for hydroxylation is 1. The molecule has 0 atom stereocenters. The van der Waals surface area contributed by atoms with E-state index >= 15 is 8.78 Å². The maximum absolute atomic E-state index is 15.7. The number of likely N-dealkylation sites (tertiary alicyclic amines) is 1. The van der Waals surface area contributed by atoms with E-state index in [1.54, 1.807) is 37.1 Å². The summed E-state index contributed by atoms with van der Waals surface area (Å²) in [4.78, 5) is 47.7. The number of para-hydroxylation sites is 1. The molecule has 2 aliphatic heterocycles. The first-order valence-electron chi connectivity index (χ1n) is 13.8. The van der Waals surface area contributed by atoms with Crippen LogP contribution < -0.4 is 4.90 Å². The number of carboxylic acids is 1. The number of rotatable bonds is 6. The molecule has 0 bridgehead atoms. The lowest BCUT2D eigenvalue weighted by atomic mass is 9.96. The lowest BCUT2D eigenvalue weighted by Crippen LogP contribution is -2.46. The first-order valence-corrected chi connectivity index (χ1v) is 14.6. The predicted molar refractivity (Wildman–Crippen MR) is 165 cm³/mol. The standard InChI is InChI=1S/C31H32F2N4O4S.ClH/c1-20-28(42-29(34-20)21-8-4-3-5-9-21)30(41)37-17-14-31(32,33)24(23-10-6-7-11-25(23)37)18-26(38)36-15-12-22(13-16-36)35(2)19-27(39)40;/h3-11,18,22H,12-17,19H2,1-2H3,(H,39,40);1H/b24-18-;. The van der Waals surface area contributed by atoms with Gasteiger partial charge in [0.2, 0.25) is 5.91 Å². The Bertz CT molecular complexity index is 1520. The third kappa shape index (κ3) is 6.95. The minimum absolute atomic E-state index is 0. The fourth-order valence-electron chi connectivity index (χ4n) is 5.54. The number of carbonyl (C=O) groups excluding carboxylic acids is 2. The Morgan fingerprint density at radius 2 is 1.72 bits per heavy atom. The van der Waals surface area contributed by atoms with Gasteiger partial charge in [-0.05, 0) is 32.9 Å². The highest BCUT2D eigenvalue weighted by molar-refractivity contribution is 7.17. The number of piperidine rings is 1. The predicted octanol–water partition coefficient (Wildman–Crippen LogP) is 5.62. The summed E-state index contributed by atoms with van der Waals surface area (Å²) >= 11 is 1.23. The summed E-state index contributed by atoms with van der Waals surface area (Å²) in [5.74, 6) is -5.21. The zero-order valence-electron chi connectivity index (χ0n) is 23.8. The van der Waals surface area contributed by atoms with E-state index in [-0.39, 0.29) is 37.1 Å². The fourth-order valence-corrected chi connectivity index (χ4v) is 6.56. The Kier molecular flexibility index (Phi) is 9.99. The number of nitrogens with zero attached hydrogens (tertiary/aromatic N) is 4. The monoisotopic (exact) mass is 630 g/mol. The molecule has 5 rings (SSSR count). The zero-order chi connectivity index (χ0) is 30.0. The molecule has 0 unspecified atom stereocenters. The Morgan fingerprint density at radius 1 is 1.07 bits per heavy atom. The molecule has 8 nitrogen and oxygen atoms in total. The molecule has 12 heteroatoms. The van der Waals surface area contributed by atoms with Gasteiger partial charge in [-0.3, -0.25) is 19.3 Å². The molecule has 3 aromatic rings. The quantitative estimate of drug-likeness (QED) is 0.356. The van der Waals surface area contributed by atoms with Gasteiger partial charge in [-0.1, -0.05) is 48.5 Å². The lowest BCUT2D eigenvalue weighted by Gasteiger charge is -2.36. The number of carboxylic acid groups (broad SMARTS) is 1. The maximum Gasteiger partial charge on any atom is 0.317 e. The Morgan fingerprint density at radius 3 is 2.40 bits per heavy atom. The van der Waals surface area contributed by atoms with Gasteiger partial charge in [0.05, 0.1) is 17.9 Å². The van der Waals surface area contributed by atoms with Crippen LogP contribution in [0.5, 0.6) is 0 Å². The second-order valence-corrected chi connectivity index (χ2v) is 11.7. The molecule has 1 N–H and O–H groups in total. The minimum Gasteiger partial charge on any atom is -0.480 e. The number of likely N-dealkylation sites (N-methyl/N-ethyl adjacent to an activating group) is 1. The van der Waals surface area contributed by atoms with Gasteiger partial charge < -0.3 is 14.9 Å². The van der Waals surface area contributed by atoms with Gasteiger partial charge in [0.1, 0.15) is 9.88 Å². The molecule has 1 aromatic heterocycles. The average Bonchev–Trinajstić information content (AvgIpc) is 3.33. The summed E-state index contributed by atoms with van der Waals surface area (Å²) < 4.78 is 31.4. The summed E-state index contributed by atoms with van der Waals surface area (Å²) in [6.07, 6.45) is 1.47. The lowest BCUT2D eigenvalue weighted by molar-refractivity contribution is -0.139. The first-order chi connectivity index (χ1) is 20.0. The number of aliphatic carboxylic acids is 1. The normalized spacial score (nSPS) is 17.7. The smallest absolute Gasteiger partial charge is 0.317 e. The average molecular weight is 631 g/mol. The van der Waals surface area contributed by atoms with E-state index in [0.29, 0.717) is 47.2 Å². The van der Waals surface area contributed by atoms with Crippen LogP contribution in [0.15, 0.2) is 60.7 Å². The summed E-state index contributed by atoms with van der Waals surface area (Å²) in [6.45, 7) is 2.08. The van der Waals surface area contributed by atoms with Crippen molar-refractivity contribution >= 4 is 52.8 Å². The number of amides is 2. The van der Waals surface area contributed by atoms with Crippen LogP contribution in [0.2, 0.25) is 0 Å². The molecule has 0 aliphatic carbocycles. The molecule has 3 heterocycles. The van der Waals surface area contributed by atoms with Crippen molar-refractivity contribution in [2.24, 2.45) is 0 Å². The number of carbonyl (C=O) groups is 3. The highest BCUT2D eigenvalue weighted by atomic mass is 35.5. The second kappa shape index (κ2) is 13.3. The number of halogens is 3. The second-order valence-electron chi connectivity index (χ2n) is 10.7. The number of anilines is 1. The summed E-state index contributed by atoms with van der Waals surface area (Å²) in [7, 11) is 1.73. The van der Waals surface area contributed by atoms with Crippen LogP contribution in [0.1, 0.15) is 40.2 Å². The van der Waals surface area contributed by atoms with Crippen LogP contribution in [0, 0.1) is 6.92 Å². The van der Waals surface area contributed by atoms with Crippen molar-refractivity contribution in [3.63, 3.8) is 0 Å². The molecule has 2 aromatic carbocycles. The zero-order valence-corrected chi connectivity index (χ0v) is 25.5. The third-order valence-electron chi connectivity index (χ3n) is 7.84. The molecule has 0 radical (unpaired) electrons. The largest absolute Gasteiger partial charge is 0.480 e. The molecule has 2 amide bonds. The molecule has 2 aliphatic rings. The van der Waals surface area contributed by atoms with Crippen molar-refractivity contribution in [2.75, 3.05) is 38.1 Å². The van der Waals surface area contributed by atoms with E-state index in [1.165, 1.54) is 27.2 Å². The van der Waals surface area contributed by atoms with Gasteiger partial charge in [-0.25, -0.2) is 13.8 Å². The van der Waals surface area contributed by atoms with Crippen LogP contribution in [0.3, 0.4) is 0 Å². The van der Waals surface area contributed by atoms with Crippen molar-refractivity contribution in [3.05, 3.63) is 76.8 Å². The number of thiazole rings is 1. The van der Waals surface area contributed by atoms with Gasteiger partial charge in [0.15, 0.2) is 0 Å². The van der Waals surface area contributed by atoms with Gasteiger partial charge in [-0.15, -0.1) is 23.7 Å². The summed E-state index contributed by atoms with van der Waals surface area (Å²) in [6, 6.07) is 15.9. The number of fused-ring (bicyclic) bond motifs is 1. The van der Waals surface area contributed by atoms with Crippen molar-refractivity contribution < 1.29 is 28.3 Å². The molecular weight excluding hydrogens is 598 g/mol. The van der Waals surface area contributed by atoms with Crippen LogP contribution in [-0.2, 0) is 9.59 Å². The van der Waals surface area contributed by atoms with Crippen LogP contribution in [-0.4, -0.2) is 82.9 Å². The minimum atomic E-state index is -3.35. The molecule has 0 saturated carbocycles. The van der Waals surface area contributed by atoms with E-state index in [2.05, 4.69) is 4.98 Å². The number of hydrogen-bond acceptors (Lipinski definition) is 6. The molecule has 1 fully saturated rings. The highest BCUT2D eigenvalue weighted by Gasteiger charge is 2.42. The third-order valence-corrected chi connectivity index (χ3v) is 9.03. The van der Waals surface area contributed by atoms with Crippen LogP contribution in [0.4, 0.5) is 14.5 Å². The molecule has 0 spiro atoms. The molecule has 1 saturated heterocycles. The number of alkyl halides is 2. The SMILES string of the molecule is Cc1nc(-c2ccccc2)sc1C(=O)N1CCC(F)(F)/C(=C\C(=O)N2CCC(N(C)CC(=O)O)CC2)c2ccccc21.Cl. The van der Waals surface area contributed by atoms with E-state index < -0.39 is 35.7 Å². The Hall–Kier alpha value is -3.67. The Labute approximate surface area is 259 Å².